The lowest BCUT2D eigenvalue weighted by Gasteiger charge is -2.54. The average Bonchev–Trinajstić information content (AvgIpc) is 2.47. The lowest BCUT2D eigenvalue weighted by Crippen LogP contribution is -2.62. The predicted octanol–water partition coefficient (Wildman–Crippen LogP) is 2.80. The van der Waals surface area contributed by atoms with Gasteiger partial charge < -0.3 is 10.6 Å². The van der Waals surface area contributed by atoms with E-state index in [-0.39, 0.29) is 0 Å². The number of hydrogen-bond acceptors (Lipinski definition) is 3. The van der Waals surface area contributed by atoms with E-state index in [4.69, 9.17) is 5.73 Å². The molecule has 3 heteroatoms. The molecule has 2 aliphatic rings. The summed E-state index contributed by atoms with van der Waals surface area (Å²) in [5.41, 5.74) is 6.66. The summed E-state index contributed by atoms with van der Waals surface area (Å²) in [7, 11) is 4.40. The smallest absolute Gasteiger partial charge is 0.0362 e. The minimum atomic E-state index is 0.301. The van der Waals surface area contributed by atoms with E-state index in [2.05, 4.69) is 37.7 Å². The summed E-state index contributed by atoms with van der Waals surface area (Å²) in [5, 5.41) is 0. The highest BCUT2D eigenvalue weighted by Gasteiger charge is 2.46. The molecule has 1 aliphatic heterocycles. The molecule has 0 amide bonds. The van der Waals surface area contributed by atoms with E-state index in [9.17, 15) is 0 Å². The summed E-state index contributed by atoms with van der Waals surface area (Å²) < 4.78 is 0. The second kappa shape index (κ2) is 7.43. The maximum Gasteiger partial charge on any atom is 0.0362 e. The molecule has 2 unspecified atom stereocenters. The van der Waals surface area contributed by atoms with Crippen molar-refractivity contribution in [3.63, 3.8) is 0 Å². The molecular weight excluding hydrogens is 258 g/mol. The Hall–Kier alpha value is -0.120. The molecule has 1 saturated heterocycles. The topological polar surface area (TPSA) is 32.5 Å². The molecule has 0 spiro atoms. The van der Waals surface area contributed by atoms with Crippen LogP contribution < -0.4 is 5.73 Å². The van der Waals surface area contributed by atoms with Crippen LogP contribution in [0.3, 0.4) is 0 Å². The SMILES string of the molecule is CC(C)C1CCCCC1(CN)N1CCC(CN(C)C)CC1. The van der Waals surface area contributed by atoms with Gasteiger partial charge in [-0.1, -0.05) is 26.7 Å². The van der Waals surface area contributed by atoms with E-state index in [0.29, 0.717) is 5.54 Å². The Labute approximate surface area is 132 Å². The molecule has 0 radical (unpaired) electrons. The number of nitrogens with zero attached hydrogens (tertiary/aromatic N) is 2. The molecule has 124 valence electrons. The normalized spacial score (nSPS) is 33.0. The lowest BCUT2D eigenvalue weighted by molar-refractivity contribution is -0.0339. The van der Waals surface area contributed by atoms with Crippen molar-refractivity contribution < 1.29 is 0 Å². The van der Waals surface area contributed by atoms with E-state index in [1.807, 2.05) is 0 Å². The summed E-state index contributed by atoms with van der Waals surface area (Å²) in [6.07, 6.45) is 8.19. The molecule has 3 nitrogen and oxygen atoms in total. The van der Waals surface area contributed by atoms with Gasteiger partial charge in [0.05, 0.1) is 0 Å². The molecule has 1 heterocycles. The molecule has 0 bridgehead atoms. The molecule has 2 rings (SSSR count). The van der Waals surface area contributed by atoms with Crippen LogP contribution in [0.4, 0.5) is 0 Å². The Morgan fingerprint density at radius 3 is 2.33 bits per heavy atom. The van der Waals surface area contributed by atoms with Gasteiger partial charge in [0.1, 0.15) is 0 Å². The zero-order valence-corrected chi connectivity index (χ0v) is 14.8. The van der Waals surface area contributed by atoms with Gasteiger partial charge in [-0.25, -0.2) is 0 Å². The van der Waals surface area contributed by atoms with Crippen LogP contribution >= 0.6 is 0 Å². The molecule has 1 saturated carbocycles. The summed E-state index contributed by atoms with van der Waals surface area (Å²) in [4.78, 5) is 5.14. The predicted molar refractivity (Wildman–Crippen MR) is 91.4 cm³/mol. The fraction of sp³-hybridized carbons (Fsp3) is 1.00. The highest BCUT2D eigenvalue weighted by atomic mass is 15.2. The van der Waals surface area contributed by atoms with Gasteiger partial charge in [-0.3, -0.25) is 4.90 Å². The fourth-order valence-electron chi connectivity index (χ4n) is 5.06. The number of rotatable bonds is 5. The first-order valence-corrected chi connectivity index (χ1v) is 9.09. The van der Waals surface area contributed by atoms with Gasteiger partial charge in [-0.15, -0.1) is 0 Å². The molecule has 0 aromatic rings. The summed E-state index contributed by atoms with van der Waals surface area (Å²) in [6, 6.07) is 0. The van der Waals surface area contributed by atoms with Crippen LogP contribution in [-0.2, 0) is 0 Å². The van der Waals surface area contributed by atoms with Crippen LogP contribution in [0.1, 0.15) is 52.4 Å². The second-order valence-electron chi connectivity index (χ2n) is 8.10. The molecule has 0 aromatic heterocycles. The van der Waals surface area contributed by atoms with Crippen LogP contribution in [0, 0.1) is 17.8 Å². The Bertz CT molecular complexity index is 308. The van der Waals surface area contributed by atoms with E-state index in [1.54, 1.807) is 0 Å². The molecule has 2 N–H and O–H groups in total. The van der Waals surface area contributed by atoms with E-state index in [0.717, 1.165) is 24.3 Å². The third-order valence-electron chi connectivity index (χ3n) is 6.09. The standard InChI is InChI=1S/C18H37N3/c1-15(2)17-7-5-6-10-18(17,14-19)21-11-8-16(9-12-21)13-20(3)4/h15-17H,5-14,19H2,1-4H3. The largest absolute Gasteiger partial charge is 0.329 e. The molecule has 21 heavy (non-hydrogen) atoms. The summed E-state index contributed by atoms with van der Waals surface area (Å²) >= 11 is 0. The number of hydrogen-bond donors (Lipinski definition) is 1. The van der Waals surface area contributed by atoms with Gasteiger partial charge in [0.2, 0.25) is 0 Å². The average molecular weight is 296 g/mol. The Morgan fingerprint density at radius 2 is 1.81 bits per heavy atom. The first-order chi connectivity index (χ1) is 9.99. The summed E-state index contributed by atoms with van der Waals surface area (Å²) in [6.45, 7) is 9.43. The van der Waals surface area contributed by atoms with Crippen molar-refractivity contribution in [2.75, 3.05) is 40.3 Å². The van der Waals surface area contributed by atoms with Crippen LogP contribution in [0.25, 0.3) is 0 Å². The molecule has 1 aliphatic carbocycles. The quantitative estimate of drug-likeness (QED) is 0.846. The first-order valence-electron chi connectivity index (χ1n) is 9.09. The van der Waals surface area contributed by atoms with Crippen LogP contribution in [-0.4, -0.2) is 55.6 Å². The maximum atomic E-state index is 6.36. The van der Waals surface area contributed by atoms with Crippen LogP contribution in [0.5, 0.6) is 0 Å². The molecule has 2 fully saturated rings. The van der Waals surface area contributed by atoms with Gasteiger partial charge >= 0.3 is 0 Å². The second-order valence-corrected chi connectivity index (χ2v) is 8.10. The number of piperidine rings is 1. The minimum Gasteiger partial charge on any atom is -0.329 e. The fourth-order valence-corrected chi connectivity index (χ4v) is 5.06. The molecule has 2 atom stereocenters. The van der Waals surface area contributed by atoms with Gasteiger partial charge in [-0.05, 0) is 70.6 Å². The van der Waals surface area contributed by atoms with E-state index in [1.165, 1.54) is 58.2 Å². The Morgan fingerprint density at radius 1 is 1.14 bits per heavy atom. The van der Waals surface area contributed by atoms with Gasteiger partial charge in [0, 0.05) is 18.6 Å². The van der Waals surface area contributed by atoms with Gasteiger partial charge in [0.25, 0.3) is 0 Å². The van der Waals surface area contributed by atoms with Crippen molar-refractivity contribution in [3.05, 3.63) is 0 Å². The van der Waals surface area contributed by atoms with Crippen molar-refractivity contribution in [3.8, 4) is 0 Å². The maximum absolute atomic E-state index is 6.36. The van der Waals surface area contributed by atoms with Crippen molar-refractivity contribution in [2.45, 2.75) is 57.9 Å². The third kappa shape index (κ3) is 3.80. The van der Waals surface area contributed by atoms with Crippen molar-refractivity contribution in [1.29, 1.82) is 0 Å². The molecular formula is C18H37N3. The minimum absolute atomic E-state index is 0.301. The van der Waals surface area contributed by atoms with E-state index < -0.39 is 0 Å². The highest BCUT2D eigenvalue weighted by Crippen LogP contribution is 2.43. The zero-order valence-electron chi connectivity index (χ0n) is 14.8. The van der Waals surface area contributed by atoms with Crippen LogP contribution in [0.15, 0.2) is 0 Å². The van der Waals surface area contributed by atoms with Gasteiger partial charge in [-0.2, -0.15) is 0 Å². The van der Waals surface area contributed by atoms with Crippen LogP contribution in [0.2, 0.25) is 0 Å². The highest BCUT2D eigenvalue weighted by molar-refractivity contribution is 5.02. The lowest BCUT2D eigenvalue weighted by atomic mass is 9.66. The Kier molecular flexibility index (Phi) is 6.10. The van der Waals surface area contributed by atoms with Crippen molar-refractivity contribution >= 4 is 0 Å². The van der Waals surface area contributed by atoms with Crippen molar-refractivity contribution in [1.82, 2.24) is 9.80 Å². The molecule has 0 aromatic carbocycles. The summed E-state index contributed by atoms with van der Waals surface area (Å²) in [5.74, 6) is 2.43. The third-order valence-corrected chi connectivity index (χ3v) is 6.09. The van der Waals surface area contributed by atoms with Crippen molar-refractivity contribution in [2.24, 2.45) is 23.5 Å². The first kappa shape index (κ1) is 17.2. The Balaban J connectivity index is 2.03. The monoisotopic (exact) mass is 295 g/mol. The van der Waals surface area contributed by atoms with E-state index >= 15 is 0 Å². The number of likely N-dealkylation sites (tertiary alicyclic amines) is 1. The zero-order chi connectivity index (χ0) is 15.5. The van der Waals surface area contributed by atoms with Gasteiger partial charge in [0.15, 0.2) is 0 Å². The number of nitrogens with two attached hydrogens (primary N) is 1.